The highest BCUT2D eigenvalue weighted by molar-refractivity contribution is 5.97. The molecule has 86 valence electrons. The number of fused-ring (bicyclic) bond motifs is 1. The monoisotopic (exact) mass is 235 g/mol. The van der Waals surface area contributed by atoms with Crippen LogP contribution in [0.25, 0.3) is 22.3 Å². The fourth-order valence-electron chi connectivity index (χ4n) is 1.98. The number of nitriles is 1. The summed E-state index contributed by atoms with van der Waals surface area (Å²) in [6, 6.07) is 11.8. The molecule has 0 radical (unpaired) electrons. The predicted molar refractivity (Wildman–Crippen MR) is 68.5 cm³/mol. The highest BCUT2D eigenvalue weighted by Gasteiger charge is 2.16. The summed E-state index contributed by atoms with van der Waals surface area (Å²) in [7, 11) is 0. The summed E-state index contributed by atoms with van der Waals surface area (Å²) < 4.78 is 0. The molecule has 0 amide bonds. The number of aromatic nitrogens is 3. The largest absolute Gasteiger partial charge is 0.383 e. The molecule has 0 saturated carbocycles. The van der Waals surface area contributed by atoms with Gasteiger partial charge in [-0.2, -0.15) is 5.26 Å². The molecule has 3 rings (SSSR count). The second-order valence-electron chi connectivity index (χ2n) is 3.84. The van der Waals surface area contributed by atoms with Crippen LogP contribution in [0.5, 0.6) is 0 Å². The van der Waals surface area contributed by atoms with E-state index >= 15 is 0 Å². The van der Waals surface area contributed by atoms with E-state index in [2.05, 4.69) is 21.0 Å². The van der Waals surface area contributed by atoms with E-state index in [1.54, 1.807) is 0 Å². The maximum absolute atomic E-state index is 9.31. The number of nitrogens with zero attached hydrogens (tertiary/aromatic N) is 3. The molecule has 0 atom stereocenters. The van der Waals surface area contributed by atoms with Crippen LogP contribution in [0, 0.1) is 11.3 Å². The zero-order chi connectivity index (χ0) is 12.5. The third-order valence-electron chi connectivity index (χ3n) is 2.79. The van der Waals surface area contributed by atoms with E-state index in [0.717, 1.165) is 11.3 Å². The lowest BCUT2D eigenvalue weighted by Gasteiger charge is -1.97. The Balaban J connectivity index is 2.39. The zero-order valence-corrected chi connectivity index (χ0v) is 9.38. The summed E-state index contributed by atoms with van der Waals surface area (Å²) in [6.45, 7) is 0. The molecule has 18 heavy (non-hydrogen) atoms. The molecule has 2 aromatic heterocycles. The smallest absolute Gasteiger partial charge is 0.144 e. The average Bonchev–Trinajstić information content (AvgIpc) is 2.79. The lowest BCUT2D eigenvalue weighted by Crippen LogP contribution is -1.92. The molecule has 0 aliphatic heterocycles. The van der Waals surface area contributed by atoms with Gasteiger partial charge < -0.3 is 10.7 Å². The lowest BCUT2D eigenvalue weighted by atomic mass is 10.1. The molecule has 0 unspecified atom stereocenters. The molecule has 0 saturated heterocycles. The second-order valence-corrected chi connectivity index (χ2v) is 3.84. The Kier molecular flexibility index (Phi) is 2.21. The van der Waals surface area contributed by atoms with Gasteiger partial charge in [0.15, 0.2) is 0 Å². The van der Waals surface area contributed by atoms with Gasteiger partial charge in [-0.1, -0.05) is 30.3 Å². The summed E-state index contributed by atoms with van der Waals surface area (Å²) in [5.41, 5.74) is 8.51. The SMILES string of the molecule is N#Cc1c(-c2ccccc2)[nH]c2ncnc(N)c12. The maximum Gasteiger partial charge on any atom is 0.144 e. The fraction of sp³-hybridized carbons (Fsp3) is 0. The van der Waals surface area contributed by atoms with Crippen molar-refractivity contribution in [1.29, 1.82) is 5.26 Å². The van der Waals surface area contributed by atoms with Crippen LogP contribution in [0.3, 0.4) is 0 Å². The standard InChI is InChI=1S/C13H9N5/c14-6-9-10-12(15)16-7-17-13(10)18-11(9)8-4-2-1-3-5-8/h1-5,7H,(H3,15,16,17,18). The topological polar surface area (TPSA) is 91.4 Å². The number of H-pyrrole nitrogens is 1. The van der Waals surface area contributed by atoms with Gasteiger partial charge in [0.2, 0.25) is 0 Å². The van der Waals surface area contributed by atoms with Crippen LogP contribution in [-0.4, -0.2) is 15.0 Å². The molecule has 0 bridgehead atoms. The number of aromatic amines is 1. The van der Waals surface area contributed by atoms with Gasteiger partial charge in [-0.25, -0.2) is 9.97 Å². The number of nitrogen functional groups attached to an aromatic ring is 1. The zero-order valence-electron chi connectivity index (χ0n) is 9.38. The Bertz CT molecular complexity index is 752. The first-order valence-electron chi connectivity index (χ1n) is 5.39. The summed E-state index contributed by atoms with van der Waals surface area (Å²) in [4.78, 5) is 11.1. The van der Waals surface area contributed by atoms with E-state index in [-0.39, 0.29) is 0 Å². The Morgan fingerprint density at radius 1 is 1.17 bits per heavy atom. The van der Waals surface area contributed by atoms with Gasteiger partial charge in [0.05, 0.1) is 16.6 Å². The molecule has 0 spiro atoms. The third-order valence-corrected chi connectivity index (χ3v) is 2.79. The van der Waals surface area contributed by atoms with E-state index in [1.807, 2.05) is 30.3 Å². The molecule has 5 heteroatoms. The van der Waals surface area contributed by atoms with Crippen LogP contribution in [0.2, 0.25) is 0 Å². The molecule has 3 N–H and O–H groups in total. The van der Waals surface area contributed by atoms with Crippen LogP contribution in [0.1, 0.15) is 5.56 Å². The summed E-state index contributed by atoms with van der Waals surface area (Å²) >= 11 is 0. The minimum atomic E-state index is 0.315. The minimum Gasteiger partial charge on any atom is -0.383 e. The number of rotatable bonds is 1. The molecule has 1 aromatic carbocycles. The normalized spacial score (nSPS) is 10.4. The van der Waals surface area contributed by atoms with Crippen molar-refractivity contribution in [2.24, 2.45) is 0 Å². The van der Waals surface area contributed by atoms with E-state index in [9.17, 15) is 5.26 Å². The number of benzene rings is 1. The van der Waals surface area contributed by atoms with E-state index in [0.29, 0.717) is 22.4 Å². The van der Waals surface area contributed by atoms with Crippen molar-refractivity contribution >= 4 is 16.9 Å². The van der Waals surface area contributed by atoms with Gasteiger partial charge in [0, 0.05) is 0 Å². The Morgan fingerprint density at radius 3 is 2.67 bits per heavy atom. The Morgan fingerprint density at radius 2 is 1.94 bits per heavy atom. The summed E-state index contributed by atoms with van der Waals surface area (Å²) in [5, 5.41) is 9.89. The van der Waals surface area contributed by atoms with Crippen molar-refractivity contribution in [3.05, 3.63) is 42.2 Å². The van der Waals surface area contributed by atoms with Crippen molar-refractivity contribution in [2.75, 3.05) is 5.73 Å². The molecule has 2 heterocycles. The molecule has 5 nitrogen and oxygen atoms in total. The van der Waals surface area contributed by atoms with Crippen molar-refractivity contribution in [3.63, 3.8) is 0 Å². The first-order chi connectivity index (χ1) is 8.81. The Labute approximate surface area is 103 Å². The molecular formula is C13H9N5. The number of nitrogens with two attached hydrogens (primary N) is 1. The Hall–Kier alpha value is -2.87. The van der Waals surface area contributed by atoms with E-state index in [1.165, 1.54) is 6.33 Å². The van der Waals surface area contributed by atoms with Crippen LogP contribution in [0.15, 0.2) is 36.7 Å². The molecular weight excluding hydrogens is 226 g/mol. The van der Waals surface area contributed by atoms with Crippen LogP contribution in [-0.2, 0) is 0 Å². The fourth-order valence-corrected chi connectivity index (χ4v) is 1.98. The number of hydrogen-bond donors (Lipinski definition) is 2. The van der Waals surface area contributed by atoms with Crippen LogP contribution < -0.4 is 5.73 Å². The van der Waals surface area contributed by atoms with Crippen molar-refractivity contribution in [3.8, 4) is 17.3 Å². The summed E-state index contributed by atoms with van der Waals surface area (Å²) in [5.74, 6) is 0.315. The maximum atomic E-state index is 9.31. The van der Waals surface area contributed by atoms with Crippen LogP contribution >= 0.6 is 0 Å². The summed E-state index contributed by atoms with van der Waals surface area (Å²) in [6.07, 6.45) is 1.38. The first kappa shape index (κ1) is 10.3. The minimum absolute atomic E-state index is 0.315. The van der Waals surface area contributed by atoms with E-state index < -0.39 is 0 Å². The van der Waals surface area contributed by atoms with Gasteiger partial charge >= 0.3 is 0 Å². The first-order valence-corrected chi connectivity index (χ1v) is 5.39. The third kappa shape index (κ3) is 1.40. The molecule has 0 fully saturated rings. The highest BCUT2D eigenvalue weighted by atomic mass is 15.0. The van der Waals surface area contributed by atoms with Crippen molar-refractivity contribution in [1.82, 2.24) is 15.0 Å². The van der Waals surface area contributed by atoms with Gasteiger partial charge in [-0.3, -0.25) is 0 Å². The average molecular weight is 235 g/mol. The second kappa shape index (κ2) is 3.86. The number of nitrogens with one attached hydrogen (secondary N) is 1. The molecule has 3 aromatic rings. The highest BCUT2D eigenvalue weighted by Crippen LogP contribution is 2.30. The van der Waals surface area contributed by atoms with Crippen LogP contribution in [0.4, 0.5) is 5.82 Å². The van der Waals surface area contributed by atoms with Crippen molar-refractivity contribution < 1.29 is 0 Å². The number of anilines is 1. The predicted octanol–water partition coefficient (Wildman–Crippen LogP) is 2.08. The molecule has 0 aliphatic rings. The van der Waals surface area contributed by atoms with Gasteiger partial charge in [-0.15, -0.1) is 0 Å². The number of hydrogen-bond acceptors (Lipinski definition) is 4. The molecule has 0 aliphatic carbocycles. The lowest BCUT2D eigenvalue weighted by molar-refractivity contribution is 1.21. The quantitative estimate of drug-likeness (QED) is 0.675. The van der Waals surface area contributed by atoms with Crippen molar-refractivity contribution in [2.45, 2.75) is 0 Å². The van der Waals surface area contributed by atoms with Gasteiger partial charge in [0.1, 0.15) is 23.9 Å². The van der Waals surface area contributed by atoms with Gasteiger partial charge in [0.25, 0.3) is 0 Å². The van der Waals surface area contributed by atoms with E-state index in [4.69, 9.17) is 5.73 Å². The van der Waals surface area contributed by atoms with Gasteiger partial charge in [-0.05, 0) is 5.56 Å².